The number of rotatable bonds is 4. The van der Waals surface area contributed by atoms with Gasteiger partial charge in [0.1, 0.15) is 0 Å². The molecule has 1 saturated heterocycles. The standard InChI is InChI=1S/C15H29NOS/c1-13-6-9-16(10-14(13)17-2)11-15(12-18)7-4-3-5-8-15/h13-14,18H,3-12H2,1-2H3. The minimum atomic E-state index is 0.430. The summed E-state index contributed by atoms with van der Waals surface area (Å²) in [6.07, 6.45) is 8.69. The molecule has 2 aliphatic rings. The van der Waals surface area contributed by atoms with Crippen LogP contribution in [0.2, 0.25) is 0 Å². The molecular weight excluding hydrogens is 242 g/mol. The highest BCUT2D eigenvalue weighted by Crippen LogP contribution is 2.38. The zero-order valence-electron chi connectivity index (χ0n) is 12.0. The van der Waals surface area contributed by atoms with Gasteiger partial charge in [-0.25, -0.2) is 0 Å². The molecule has 2 unspecified atom stereocenters. The molecule has 2 nitrogen and oxygen atoms in total. The maximum absolute atomic E-state index is 5.63. The number of piperidine rings is 1. The van der Waals surface area contributed by atoms with E-state index in [4.69, 9.17) is 4.74 Å². The highest BCUT2D eigenvalue weighted by Gasteiger charge is 2.35. The van der Waals surface area contributed by atoms with Gasteiger partial charge in [-0.05, 0) is 42.9 Å². The van der Waals surface area contributed by atoms with E-state index in [9.17, 15) is 0 Å². The van der Waals surface area contributed by atoms with Crippen molar-refractivity contribution in [2.45, 2.75) is 51.6 Å². The van der Waals surface area contributed by atoms with Crippen molar-refractivity contribution in [3.05, 3.63) is 0 Å². The van der Waals surface area contributed by atoms with Crippen LogP contribution in [0.4, 0.5) is 0 Å². The van der Waals surface area contributed by atoms with E-state index in [1.54, 1.807) is 0 Å². The van der Waals surface area contributed by atoms with Crippen molar-refractivity contribution >= 4 is 12.6 Å². The van der Waals surface area contributed by atoms with E-state index >= 15 is 0 Å². The first-order valence-corrected chi connectivity index (χ1v) is 8.18. The maximum atomic E-state index is 5.63. The molecule has 106 valence electrons. The van der Waals surface area contributed by atoms with Gasteiger partial charge in [-0.2, -0.15) is 12.6 Å². The van der Waals surface area contributed by atoms with Gasteiger partial charge in [0.2, 0.25) is 0 Å². The third kappa shape index (κ3) is 3.43. The minimum Gasteiger partial charge on any atom is -0.380 e. The third-order valence-electron chi connectivity index (χ3n) is 5.08. The number of methoxy groups -OCH3 is 1. The van der Waals surface area contributed by atoms with Gasteiger partial charge in [0.15, 0.2) is 0 Å². The van der Waals surface area contributed by atoms with Crippen molar-refractivity contribution in [3.8, 4) is 0 Å². The molecule has 2 rings (SSSR count). The zero-order chi connectivity index (χ0) is 13.0. The molecule has 0 spiro atoms. The molecule has 0 aromatic heterocycles. The summed E-state index contributed by atoms with van der Waals surface area (Å²) >= 11 is 4.65. The van der Waals surface area contributed by atoms with Crippen molar-refractivity contribution in [2.75, 3.05) is 32.5 Å². The average Bonchev–Trinajstić information content (AvgIpc) is 2.42. The summed E-state index contributed by atoms with van der Waals surface area (Å²) in [6.45, 7) is 5.92. The van der Waals surface area contributed by atoms with Gasteiger partial charge >= 0.3 is 0 Å². The summed E-state index contributed by atoms with van der Waals surface area (Å²) in [4.78, 5) is 2.63. The molecule has 2 atom stereocenters. The number of hydrogen-bond acceptors (Lipinski definition) is 3. The third-order valence-corrected chi connectivity index (χ3v) is 5.76. The topological polar surface area (TPSA) is 12.5 Å². The van der Waals surface area contributed by atoms with Crippen LogP contribution in [0.3, 0.4) is 0 Å². The number of hydrogen-bond donors (Lipinski definition) is 1. The van der Waals surface area contributed by atoms with Crippen molar-refractivity contribution in [2.24, 2.45) is 11.3 Å². The van der Waals surface area contributed by atoms with E-state index < -0.39 is 0 Å². The predicted molar refractivity (Wildman–Crippen MR) is 80.4 cm³/mol. The molecule has 1 saturated carbocycles. The molecular formula is C15H29NOS. The number of thiol groups is 1. The van der Waals surface area contributed by atoms with Crippen LogP contribution < -0.4 is 0 Å². The first-order chi connectivity index (χ1) is 8.69. The Morgan fingerprint density at radius 2 is 2.00 bits per heavy atom. The Kier molecular flexibility index (Phi) is 5.40. The summed E-state index contributed by atoms with van der Waals surface area (Å²) in [5.41, 5.74) is 0.486. The van der Waals surface area contributed by atoms with Crippen molar-refractivity contribution < 1.29 is 4.74 Å². The molecule has 0 N–H and O–H groups in total. The predicted octanol–water partition coefficient (Wildman–Crippen LogP) is 3.22. The SMILES string of the molecule is COC1CN(CC2(CS)CCCCC2)CCC1C. The quantitative estimate of drug-likeness (QED) is 0.788. The molecule has 18 heavy (non-hydrogen) atoms. The largest absolute Gasteiger partial charge is 0.380 e. The molecule has 0 bridgehead atoms. The summed E-state index contributed by atoms with van der Waals surface area (Å²) < 4.78 is 5.63. The lowest BCUT2D eigenvalue weighted by molar-refractivity contribution is -0.0196. The molecule has 1 aliphatic carbocycles. The Bertz CT molecular complexity index is 253. The smallest absolute Gasteiger partial charge is 0.0724 e. The Morgan fingerprint density at radius 1 is 1.28 bits per heavy atom. The second kappa shape index (κ2) is 6.62. The maximum Gasteiger partial charge on any atom is 0.0724 e. The van der Waals surface area contributed by atoms with Crippen molar-refractivity contribution in [3.63, 3.8) is 0 Å². The molecule has 2 fully saturated rings. The molecule has 3 heteroatoms. The van der Waals surface area contributed by atoms with E-state index in [-0.39, 0.29) is 0 Å². The van der Waals surface area contributed by atoms with Gasteiger partial charge in [-0.15, -0.1) is 0 Å². The van der Waals surface area contributed by atoms with E-state index in [1.165, 1.54) is 51.6 Å². The van der Waals surface area contributed by atoms with Gasteiger partial charge < -0.3 is 9.64 Å². The van der Waals surface area contributed by atoms with Crippen molar-refractivity contribution in [1.82, 2.24) is 4.90 Å². The van der Waals surface area contributed by atoms with Crippen LogP contribution >= 0.6 is 12.6 Å². The van der Waals surface area contributed by atoms with Crippen LogP contribution in [0.1, 0.15) is 45.4 Å². The molecule has 0 aromatic carbocycles. The van der Waals surface area contributed by atoms with Crippen molar-refractivity contribution in [1.29, 1.82) is 0 Å². The molecule has 0 aromatic rings. The normalized spacial score (nSPS) is 33.5. The highest BCUT2D eigenvalue weighted by atomic mass is 32.1. The Morgan fingerprint density at radius 3 is 2.61 bits per heavy atom. The van der Waals surface area contributed by atoms with Gasteiger partial charge in [0.05, 0.1) is 6.10 Å². The first kappa shape index (κ1) is 14.7. The van der Waals surface area contributed by atoms with Gasteiger partial charge in [-0.3, -0.25) is 0 Å². The molecule has 1 aliphatic heterocycles. The van der Waals surface area contributed by atoms with Gasteiger partial charge in [0.25, 0.3) is 0 Å². The Balaban J connectivity index is 1.91. The molecule has 0 radical (unpaired) electrons. The fourth-order valence-electron chi connectivity index (χ4n) is 3.69. The Labute approximate surface area is 118 Å². The van der Waals surface area contributed by atoms with Crippen LogP contribution in [-0.4, -0.2) is 43.5 Å². The van der Waals surface area contributed by atoms with E-state index in [2.05, 4.69) is 24.5 Å². The number of nitrogens with zero attached hydrogens (tertiary/aromatic N) is 1. The Hall–Kier alpha value is 0.270. The summed E-state index contributed by atoms with van der Waals surface area (Å²) in [5, 5.41) is 0. The lowest BCUT2D eigenvalue weighted by Crippen LogP contribution is -2.49. The fraction of sp³-hybridized carbons (Fsp3) is 1.00. The van der Waals surface area contributed by atoms with E-state index in [0.29, 0.717) is 17.4 Å². The van der Waals surface area contributed by atoms with Crippen LogP contribution in [0.5, 0.6) is 0 Å². The summed E-state index contributed by atoms with van der Waals surface area (Å²) in [6, 6.07) is 0. The zero-order valence-corrected chi connectivity index (χ0v) is 12.9. The van der Waals surface area contributed by atoms with Gasteiger partial charge in [0, 0.05) is 20.2 Å². The summed E-state index contributed by atoms with van der Waals surface area (Å²) in [5.74, 6) is 1.76. The minimum absolute atomic E-state index is 0.430. The highest BCUT2D eigenvalue weighted by molar-refractivity contribution is 7.80. The van der Waals surface area contributed by atoms with Crippen LogP contribution in [0.15, 0.2) is 0 Å². The number of likely N-dealkylation sites (tertiary alicyclic amines) is 1. The molecule has 0 amide bonds. The van der Waals surface area contributed by atoms with E-state index in [1.807, 2.05) is 7.11 Å². The second-order valence-corrected chi connectivity index (χ2v) is 6.81. The van der Waals surface area contributed by atoms with E-state index in [0.717, 1.165) is 12.3 Å². The second-order valence-electron chi connectivity index (χ2n) is 6.49. The van der Waals surface area contributed by atoms with Crippen LogP contribution in [-0.2, 0) is 4.74 Å². The van der Waals surface area contributed by atoms with Crippen LogP contribution in [0.25, 0.3) is 0 Å². The first-order valence-electron chi connectivity index (χ1n) is 7.55. The lowest BCUT2D eigenvalue weighted by atomic mass is 9.74. The fourth-order valence-corrected chi connectivity index (χ4v) is 4.11. The average molecular weight is 271 g/mol. The van der Waals surface area contributed by atoms with Crippen LogP contribution in [0, 0.1) is 11.3 Å². The molecule has 1 heterocycles. The summed E-state index contributed by atoms with van der Waals surface area (Å²) in [7, 11) is 1.86. The van der Waals surface area contributed by atoms with Gasteiger partial charge in [-0.1, -0.05) is 26.2 Å². The lowest BCUT2D eigenvalue weighted by Gasteiger charge is -2.44. The number of ether oxygens (including phenoxy) is 1. The monoisotopic (exact) mass is 271 g/mol.